The molecule has 0 nitrogen and oxygen atoms in total. The van der Waals surface area contributed by atoms with Gasteiger partial charge in [-0.2, -0.15) is 60.7 Å². The molecule has 96 valence electrons. The predicted molar refractivity (Wildman–Crippen MR) is 67.7 cm³/mol. The van der Waals surface area contributed by atoms with Crippen LogP contribution in [0.15, 0.2) is 48.5 Å². The number of rotatable bonds is 0. The average Bonchev–Trinajstić information content (AvgIpc) is 2.34. The van der Waals surface area contributed by atoms with Gasteiger partial charge in [0.2, 0.25) is 0 Å². The van der Waals surface area contributed by atoms with Gasteiger partial charge in [0, 0.05) is 0 Å². The molecule has 0 spiro atoms. The van der Waals surface area contributed by atoms with Crippen LogP contribution in [0.25, 0.3) is 0 Å². The molecular formula is C13H10Cl4Zr-2. The summed E-state index contributed by atoms with van der Waals surface area (Å²) in [5, 5.41) is 1.53. The summed E-state index contributed by atoms with van der Waals surface area (Å²) in [7, 11) is 0. The SMILES string of the molecule is Clc1cc[c-]cc1.Clc1cc[c-]cc1.[CH2]=[Zr+2].[Cl-].[Cl-]. The van der Waals surface area contributed by atoms with Crippen LogP contribution in [0.3, 0.4) is 0 Å². The molecule has 0 atom stereocenters. The summed E-state index contributed by atoms with van der Waals surface area (Å²) < 4.78 is 3.34. The van der Waals surface area contributed by atoms with E-state index in [9.17, 15) is 0 Å². The van der Waals surface area contributed by atoms with E-state index < -0.39 is 0 Å². The average molecular weight is 399 g/mol. The van der Waals surface area contributed by atoms with Crippen LogP contribution in [-0.4, -0.2) is 4.21 Å². The van der Waals surface area contributed by atoms with Crippen molar-refractivity contribution in [2.45, 2.75) is 0 Å². The zero-order chi connectivity index (χ0) is 12.2. The van der Waals surface area contributed by atoms with Crippen LogP contribution in [0.5, 0.6) is 0 Å². The summed E-state index contributed by atoms with van der Waals surface area (Å²) in [4.78, 5) is 0. The van der Waals surface area contributed by atoms with Crippen molar-refractivity contribution in [2.75, 3.05) is 0 Å². The first-order chi connectivity index (χ1) is 7.79. The van der Waals surface area contributed by atoms with Gasteiger partial charge in [0.05, 0.1) is 0 Å². The van der Waals surface area contributed by atoms with Gasteiger partial charge in [-0.3, -0.25) is 0 Å². The Morgan fingerprint density at radius 3 is 1.06 bits per heavy atom. The molecule has 5 heteroatoms. The minimum atomic E-state index is 0. The number of hydrogen-bond donors (Lipinski definition) is 0. The summed E-state index contributed by atoms with van der Waals surface area (Å²) in [6, 6.07) is 20.0. The van der Waals surface area contributed by atoms with E-state index in [4.69, 9.17) is 23.2 Å². The number of benzene rings is 2. The van der Waals surface area contributed by atoms with E-state index >= 15 is 0 Å². The van der Waals surface area contributed by atoms with Crippen LogP contribution in [0.1, 0.15) is 0 Å². The van der Waals surface area contributed by atoms with Gasteiger partial charge in [-0.25, -0.2) is 0 Å². The largest absolute Gasteiger partial charge is 1.00 e. The first kappa shape index (κ1) is 23.4. The Morgan fingerprint density at radius 2 is 0.944 bits per heavy atom. The van der Waals surface area contributed by atoms with Gasteiger partial charge in [0.1, 0.15) is 0 Å². The van der Waals surface area contributed by atoms with E-state index in [0.717, 1.165) is 10.0 Å². The summed E-state index contributed by atoms with van der Waals surface area (Å²) in [6.07, 6.45) is 0. The second-order valence-corrected chi connectivity index (χ2v) is 3.31. The van der Waals surface area contributed by atoms with Crippen LogP contribution in [0.2, 0.25) is 10.0 Å². The van der Waals surface area contributed by atoms with Crippen molar-refractivity contribution in [1.82, 2.24) is 0 Å². The Morgan fingerprint density at radius 1 is 0.722 bits per heavy atom. The smallest absolute Gasteiger partial charge is 1.00 e. The molecule has 0 heterocycles. The Bertz CT molecular complexity index is 330. The molecule has 0 aliphatic carbocycles. The molecule has 2 aromatic carbocycles. The molecule has 0 fully saturated rings. The van der Waals surface area contributed by atoms with E-state index in [0.29, 0.717) is 0 Å². The van der Waals surface area contributed by atoms with E-state index in [1.165, 1.54) is 24.2 Å². The summed E-state index contributed by atoms with van der Waals surface area (Å²) in [5.41, 5.74) is 0. The summed E-state index contributed by atoms with van der Waals surface area (Å²) in [6.45, 7) is 0. The maximum Gasteiger partial charge on any atom is -1.00 e. The normalized spacial score (nSPS) is 7.11. The predicted octanol–water partition coefficient (Wildman–Crippen LogP) is -1.75. The Hall–Kier alpha value is 0.353. The third-order valence-electron chi connectivity index (χ3n) is 1.36. The van der Waals surface area contributed by atoms with Crippen LogP contribution < -0.4 is 24.8 Å². The molecule has 0 aromatic heterocycles. The maximum atomic E-state index is 5.52. The van der Waals surface area contributed by atoms with Crippen molar-refractivity contribution in [1.29, 1.82) is 0 Å². The van der Waals surface area contributed by atoms with Crippen molar-refractivity contribution < 1.29 is 49.0 Å². The van der Waals surface area contributed by atoms with Crippen molar-refractivity contribution in [3.8, 4) is 0 Å². The molecule has 0 bridgehead atoms. The molecule has 0 amide bonds. The molecule has 0 aliphatic rings. The Labute approximate surface area is 146 Å². The fraction of sp³-hybridized carbons (Fsp3) is 0. The van der Waals surface area contributed by atoms with E-state index in [1.807, 2.05) is 0 Å². The van der Waals surface area contributed by atoms with E-state index in [-0.39, 0.29) is 24.8 Å². The topological polar surface area (TPSA) is 0 Å². The quantitative estimate of drug-likeness (QED) is 0.462. The first-order valence-electron chi connectivity index (χ1n) is 4.37. The fourth-order valence-electron chi connectivity index (χ4n) is 0.733. The molecule has 0 N–H and O–H groups in total. The minimum absolute atomic E-state index is 0. The number of hydrogen-bond acceptors (Lipinski definition) is 0. The molecule has 0 radical (unpaired) electrons. The second-order valence-electron chi connectivity index (χ2n) is 2.44. The van der Waals surface area contributed by atoms with Crippen LogP contribution in [-0.2, 0) is 24.2 Å². The molecular weight excluding hydrogens is 389 g/mol. The zero-order valence-electron chi connectivity index (χ0n) is 9.34. The molecule has 0 unspecified atom stereocenters. The Kier molecular flexibility index (Phi) is 22.6. The van der Waals surface area contributed by atoms with Crippen LogP contribution >= 0.6 is 23.2 Å². The Balaban J connectivity index is -0.000000200. The van der Waals surface area contributed by atoms with E-state index in [1.54, 1.807) is 48.5 Å². The van der Waals surface area contributed by atoms with Crippen molar-refractivity contribution in [3.05, 3.63) is 70.7 Å². The molecule has 2 aromatic rings. The molecule has 0 saturated heterocycles. The van der Waals surface area contributed by atoms with Crippen molar-refractivity contribution >= 4 is 27.4 Å². The van der Waals surface area contributed by atoms with Gasteiger partial charge in [-0.05, 0) is 0 Å². The van der Waals surface area contributed by atoms with E-state index in [2.05, 4.69) is 16.3 Å². The van der Waals surface area contributed by atoms with Crippen LogP contribution in [0.4, 0.5) is 0 Å². The van der Waals surface area contributed by atoms with Gasteiger partial charge >= 0.3 is 28.4 Å². The second kappa shape index (κ2) is 17.4. The maximum absolute atomic E-state index is 5.52. The third kappa shape index (κ3) is 14.4. The standard InChI is InChI=1S/2C6H4Cl.CH2.2ClH.Zr/c2*7-6-4-2-1-3-5-6;;;;/h2*2-5H;1H2;2*1H;/q2*-1;;;;+2/p-2. The van der Waals surface area contributed by atoms with Crippen LogP contribution in [0, 0.1) is 12.1 Å². The minimum Gasteiger partial charge on any atom is -1.00 e. The van der Waals surface area contributed by atoms with Gasteiger partial charge in [-0.1, -0.05) is 10.0 Å². The first-order valence-corrected chi connectivity index (χ1v) is 6.87. The van der Waals surface area contributed by atoms with Gasteiger partial charge < -0.3 is 24.8 Å². The van der Waals surface area contributed by atoms with Gasteiger partial charge in [0.15, 0.2) is 0 Å². The van der Waals surface area contributed by atoms with Crippen molar-refractivity contribution in [2.24, 2.45) is 0 Å². The fourth-order valence-corrected chi connectivity index (χ4v) is 0.985. The summed E-state index contributed by atoms with van der Waals surface area (Å²) >= 11 is 12.3. The van der Waals surface area contributed by atoms with Gasteiger partial charge in [0.25, 0.3) is 0 Å². The number of halogens is 4. The zero-order valence-corrected chi connectivity index (χ0v) is 14.8. The third-order valence-corrected chi connectivity index (χ3v) is 1.86. The molecule has 0 saturated carbocycles. The molecule has 2 rings (SSSR count). The van der Waals surface area contributed by atoms with Gasteiger partial charge in [-0.15, -0.1) is 23.2 Å². The van der Waals surface area contributed by atoms with Crippen molar-refractivity contribution in [3.63, 3.8) is 0 Å². The summed E-state index contributed by atoms with van der Waals surface area (Å²) in [5.74, 6) is 0. The molecule has 0 aliphatic heterocycles. The monoisotopic (exact) mass is 396 g/mol. The molecule has 18 heavy (non-hydrogen) atoms.